The van der Waals surface area contributed by atoms with Crippen molar-refractivity contribution in [2.75, 3.05) is 0 Å². The lowest BCUT2D eigenvalue weighted by Gasteiger charge is -1.87. The van der Waals surface area contributed by atoms with Crippen molar-refractivity contribution >= 4 is 34.2 Å². The highest BCUT2D eigenvalue weighted by molar-refractivity contribution is 14.1. The molecular formula is C4H2ClIN2. The summed E-state index contributed by atoms with van der Waals surface area (Å²) >= 11 is 7.62. The van der Waals surface area contributed by atoms with Crippen molar-refractivity contribution in [1.82, 2.24) is 9.97 Å². The van der Waals surface area contributed by atoms with Crippen LogP contribution in [-0.2, 0) is 0 Å². The Bertz CT molecular complexity index is 170. The van der Waals surface area contributed by atoms with Gasteiger partial charge in [0.05, 0.1) is 5.02 Å². The molecule has 0 radical (unpaired) electrons. The second kappa shape index (κ2) is 2.59. The largest absolute Gasteiger partial charge is 0.243 e. The monoisotopic (exact) mass is 240 g/mol. The molecule has 0 aromatic carbocycles. The summed E-state index contributed by atoms with van der Waals surface area (Å²) in [6.45, 7) is 0. The van der Waals surface area contributed by atoms with E-state index in [-0.39, 0.29) is 0 Å². The molecular weight excluding hydrogens is 238 g/mol. The number of rotatable bonds is 0. The first-order valence-corrected chi connectivity index (χ1v) is 3.37. The lowest BCUT2D eigenvalue weighted by Crippen LogP contribution is -1.80. The summed E-state index contributed by atoms with van der Waals surface area (Å²) in [7, 11) is 0. The zero-order valence-electron chi connectivity index (χ0n) is 3.81. The molecule has 0 saturated heterocycles. The predicted octanol–water partition coefficient (Wildman–Crippen LogP) is 1.73. The van der Waals surface area contributed by atoms with E-state index in [1.165, 1.54) is 6.33 Å². The summed E-state index contributed by atoms with van der Waals surface area (Å²) in [6.07, 6.45) is 3.03. The van der Waals surface area contributed by atoms with Gasteiger partial charge in [0.15, 0.2) is 0 Å². The highest BCUT2D eigenvalue weighted by Crippen LogP contribution is 2.11. The van der Waals surface area contributed by atoms with Crippen molar-refractivity contribution in [2.45, 2.75) is 0 Å². The first-order chi connectivity index (χ1) is 3.80. The van der Waals surface area contributed by atoms with Crippen molar-refractivity contribution < 1.29 is 0 Å². The van der Waals surface area contributed by atoms with E-state index in [1.54, 1.807) is 6.20 Å². The molecule has 0 amide bonds. The summed E-state index contributed by atoms with van der Waals surface area (Å²) in [5, 5.41) is 0.605. The van der Waals surface area contributed by atoms with Crippen LogP contribution < -0.4 is 0 Å². The maximum absolute atomic E-state index is 5.58. The van der Waals surface area contributed by atoms with Crippen molar-refractivity contribution in [3.05, 3.63) is 21.2 Å². The highest BCUT2D eigenvalue weighted by Gasteiger charge is 1.91. The van der Waals surface area contributed by atoms with E-state index in [4.69, 9.17) is 11.6 Å². The van der Waals surface area contributed by atoms with E-state index in [9.17, 15) is 0 Å². The van der Waals surface area contributed by atoms with E-state index >= 15 is 0 Å². The Morgan fingerprint density at radius 2 is 2.38 bits per heavy atom. The molecule has 0 saturated carbocycles. The summed E-state index contributed by atoms with van der Waals surface area (Å²) in [5.41, 5.74) is 0. The summed E-state index contributed by atoms with van der Waals surface area (Å²) < 4.78 is 0.791. The molecule has 1 aromatic heterocycles. The summed E-state index contributed by atoms with van der Waals surface area (Å²) in [5.74, 6) is 0. The first-order valence-electron chi connectivity index (χ1n) is 1.91. The van der Waals surface area contributed by atoms with Gasteiger partial charge in [-0.1, -0.05) is 11.6 Å². The quantitative estimate of drug-likeness (QED) is 0.510. The Kier molecular flexibility index (Phi) is 2.01. The van der Waals surface area contributed by atoms with Gasteiger partial charge in [0.2, 0.25) is 0 Å². The van der Waals surface area contributed by atoms with Gasteiger partial charge in [0.1, 0.15) is 10.0 Å². The van der Waals surface area contributed by atoms with Crippen LogP contribution in [-0.4, -0.2) is 9.97 Å². The Balaban J connectivity index is 3.13. The van der Waals surface area contributed by atoms with Crippen LogP contribution in [0.4, 0.5) is 0 Å². The van der Waals surface area contributed by atoms with Crippen molar-refractivity contribution in [3.8, 4) is 0 Å². The fourth-order valence-electron chi connectivity index (χ4n) is 0.298. The molecule has 2 nitrogen and oxygen atoms in total. The Hall–Kier alpha value is 0.100. The zero-order valence-corrected chi connectivity index (χ0v) is 6.72. The molecule has 1 aromatic rings. The van der Waals surface area contributed by atoms with Crippen molar-refractivity contribution in [3.63, 3.8) is 0 Å². The van der Waals surface area contributed by atoms with Crippen LogP contribution >= 0.6 is 34.2 Å². The molecule has 0 spiro atoms. The summed E-state index contributed by atoms with van der Waals surface area (Å²) in [4.78, 5) is 7.52. The average molecular weight is 240 g/mol. The summed E-state index contributed by atoms with van der Waals surface area (Å²) in [6, 6.07) is 0. The van der Waals surface area contributed by atoms with Gasteiger partial charge in [0.25, 0.3) is 0 Å². The third-order valence-corrected chi connectivity index (χ3v) is 2.08. The molecule has 0 unspecified atom stereocenters. The molecule has 0 N–H and O–H groups in total. The van der Waals surface area contributed by atoms with E-state index in [1.807, 2.05) is 22.6 Å². The molecule has 0 bridgehead atoms. The normalized spacial score (nSPS) is 9.25. The number of aromatic nitrogens is 2. The Morgan fingerprint density at radius 1 is 1.62 bits per heavy atom. The Labute approximate surface area is 65.4 Å². The average Bonchev–Trinajstić information content (AvgIpc) is 1.77. The van der Waals surface area contributed by atoms with Crippen LogP contribution in [0.2, 0.25) is 5.02 Å². The topological polar surface area (TPSA) is 25.8 Å². The lowest BCUT2D eigenvalue weighted by atomic mass is 10.7. The van der Waals surface area contributed by atoms with Crippen LogP contribution in [0, 0.1) is 3.70 Å². The highest BCUT2D eigenvalue weighted by atomic mass is 127. The van der Waals surface area contributed by atoms with E-state index in [0.717, 1.165) is 3.70 Å². The standard InChI is InChI=1S/C4H2ClIN2/c5-3-1-7-2-8-4(3)6/h1-2H. The molecule has 0 atom stereocenters. The molecule has 1 heterocycles. The van der Waals surface area contributed by atoms with E-state index < -0.39 is 0 Å². The number of nitrogens with zero attached hydrogens (tertiary/aromatic N) is 2. The smallest absolute Gasteiger partial charge is 0.123 e. The third kappa shape index (κ3) is 1.29. The molecule has 8 heavy (non-hydrogen) atoms. The minimum atomic E-state index is 0.605. The molecule has 0 fully saturated rings. The molecule has 0 aliphatic carbocycles. The first kappa shape index (κ1) is 6.22. The molecule has 0 aliphatic rings. The van der Waals surface area contributed by atoms with Crippen molar-refractivity contribution in [1.29, 1.82) is 0 Å². The van der Waals surface area contributed by atoms with Crippen LogP contribution in [0.1, 0.15) is 0 Å². The molecule has 1 rings (SSSR count). The maximum atomic E-state index is 5.58. The van der Waals surface area contributed by atoms with Crippen LogP contribution in [0.25, 0.3) is 0 Å². The van der Waals surface area contributed by atoms with Gasteiger partial charge in [-0.2, -0.15) is 0 Å². The van der Waals surface area contributed by atoms with Gasteiger partial charge in [0, 0.05) is 6.20 Å². The van der Waals surface area contributed by atoms with Gasteiger partial charge in [-0.15, -0.1) is 0 Å². The lowest BCUT2D eigenvalue weighted by molar-refractivity contribution is 1.14. The van der Waals surface area contributed by atoms with Crippen LogP contribution in [0.3, 0.4) is 0 Å². The third-order valence-electron chi connectivity index (χ3n) is 0.623. The van der Waals surface area contributed by atoms with Gasteiger partial charge in [-0.3, -0.25) is 0 Å². The van der Waals surface area contributed by atoms with Crippen LogP contribution in [0.15, 0.2) is 12.5 Å². The van der Waals surface area contributed by atoms with Gasteiger partial charge in [-0.25, -0.2) is 9.97 Å². The fraction of sp³-hybridized carbons (Fsp3) is 0. The minimum absolute atomic E-state index is 0.605. The maximum Gasteiger partial charge on any atom is 0.123 e. The van der Waals surface area contributed by atoms with Gasteiger partial charge in [-0.05, 0) is 22.6 Å². The van der Waals surface area contributed by atoms with Crippen LogP contribution in [0.5, 0.6) is 0 Å². The second-order valence-corrected chi connectivity index (χ2v) is 2.59. The fourth-order valence-corrected chi connectivity index (χ4v) is 0.667. The predicted molar refractivity (Wildman–Crippen MR) is 39.8 cm³/mol. The van der Waals surface area contributed by atoms with Gasteiger partial charge >= 0.3 is 0 Å². The minimum Gasteiger partial charge on any atom is -0.243 e. The van der Waals surface area contributed by atoms with E-state index in [2.05, 4.69) is 9.97 Å². The van der Waals surface area contributed by atoms with Crippen molar-refractivity contribution in [2.24, 2.45) is 0 Å². The van der Waals surface area contributed by atoms with E-state index in [0.29, 0.717) is 5.02 Å². The molecule has 0 aliphatic heterocycles. The van der Waals surface area contributed by atoms with Gasteiger partial charge < -0.3 is 0 Å². The number of hydrogen-bond acceptors (Lipinski definition) is 2. The second-order valence-electron chi connectivity index (χ2n) is 1.16. The molecule has 4 heteroatoms. The number of halogens is 2. The molecule has 42 valence electrons. The Morgan fingerprint density at radius 3 is 2.75 bits per heavy atom. The SMILES string of the molecule is Clc1cncnc1I. The zero-order chi connectivity index (χ0) is 5.98. The number of hydrogen-bond donors (Lipinski definition) is 0.